The summed E-state index contributed by atoms with van der Waals surface area (Å²) in [5, 5.41) is 0.961. The van der Waals surface area contributed by atoms with E-state index in [4.69, 9.17) is 4.74 Å². The van der Waals surface area contributed by atoms with E-state index in [9.17, 15) is 13.2 Å². The maximum absolute atomic E-state index is 13.6. The minimum atomic E-state index is -3.44. The molecule has 35 heavy (non-hydrogen) atoms. The molecule has 1 saturated heterocycles. The normalized spacial score (nSPS) is 14.7. The van der Waals surface area contributed by atoms with Gasteiger partial charge in [0.2, 0.25) is 0 Å². The Bertz CT molecular complexity index is 1260. The van der Waals surface area contributed by atoms with Crippen LogP contribution in [0.4, 0.5) is 5.13 Å². The van der Waals surface area contributed by atoms with Gasteiger partial charge in [0.25, 0.3) is 5.91 Å². The predicted octanol–water partition coefficient (Wildman–Crippen LogP) is 4.60. The fourth-order valence-electron chi connectivity index (χ4n) is 3.78. The topological polar surface area (TPSA) is 79.8 Å². The van der Waals surface area contributed by atoms with Crippen LogP contribution >= 0.6 is 35.5 Å². The first kappa shape index (κ1) is 27.9. The maximum Gasteiger partial charge on any atom is 0.260 e. The zero-order chi connectivity index (χ0) is 24.3. The lowest BCUT2D eigenvalue weighted by Crippen LogP contribution is -2.43. The van der Waals surface area contributed by atoms with E-state index >= 15 is 0 Å². The molecule has 0 bridgehead atoms. The van der Waals surface area contributed by atoms with Gasteiger partial charge in [0.1, 0.15) is 5.52 Å². The number of rotatable bonds is 8. The molecule has 190 valence electrons. The lowest BCUT2D eigenvalue weighted by molar-refractivity contribution is 0.0391. The van der Waals surface area contributed by atoms with Crippen molar-refractivity contribution in [3.05, 3.63) is 48.0 Å². The van der Waals surface area contributed by atoms with Gasteiger partial charge >= 0.3 is 0 Å². The summed E-state index contributed by atoms with van der Waals surface area (Å²) in [6.07, 6.45) is 1.18. The molecule has 1 aromatic heterocycles. The van der Waals surface area contributed by atoms with Crippen LogP contribution in [0.5, 0.6) is 0 Å². The minimum Gasteiger partial charge on any atom is -0.379 e. The van der Waals surface area contributed by atoms with Crippen LogP contribution in [0.3, 0.4) is 0 Å². The Morgan fingerprint density at radius 3 is 2.49 bits per heavy atom. The van der Waals surface area contributed by atoms with Crippen molar-refractivity contribution in [2.75, 3.05) is 50.5 Å². The van der Waals surface area contributed by atoms with Crippen LogP contribution in [0.1, 0.15) is 24.2 Å². The number of fused-ring (bicyclic) bond motifs is 1. The molecule has 1 aliphatic rings. The number of sulfone groups is 1. The van der Waals surface area contributed by atoms with Gasteiger partial charge in [-0.3, -0.25) is 14.6 Å². The van der Waals surface area contributed by atoms with Gasteiger partial charge in [-0.1, -0.05) is 31.3 Å². The van der Waals surface area contributed by atoms with Crippen LogP contribution < -0.4 is 4.90 Å². The molecule has 7 nitrogen and oxygen atoms in total. The maximum atomic E-state index is 13.6. The molecule has 0 saturated carbocycles. The highest BCUT2D eigenvalue weighted by Gasteiger charge is 2.24. The highest BCUT2D eigenvalue weighted by molar-refractivity contribution is 7.99. The number of nitrogens with zero attached hydrogens (tertiary/aromatic N) is 3. The number of amides is 1. The van der Waals surface area contributed by atoms with Gasteiger partial charge in [-0.15, -0.1) is 24.2 Å². The van der Waals surface area contributed by atoms with E-state index in [2.05, 4.69) is 23.7 Å². The molecule has 2 heterocycles. The molecular weight excluding hydrogens is 526 g/mol. The van der Waals surface area contributed by atoms with Crippen LogP contribution in [-0.2, 0) is 14.6 Å². The highest BCUT2D eigenvalue weighted by Crippen LogP contribution is 2.33. The molecular formula is C24H30ClN3O4S3. The first-order valence-corrected chi connectivity index (χ1v) is 14.8. The predicted molar refractivity (Wildman–Crippen MR) is 146 cm³/mol. The van der Waals surface area contributed by atoms with Crippen LogP contribution in [-0.4, -0.2) is 75.1 Å². The molecule has 0 N–H and O–H groups in total. The number of halogens is 1. The summed E-state index contributed by atoms with van der Waals surface area (Å²) >= 11 is 3.09. The van der Waals surface area contributed by atoms with Gasteiger partial charge in [0.05, 0.1) is 22.8 Å². The first-order chi connectivity index (χ1) is 16.2. The first-order valence-electron chi connectivity index (χ1n) is 11.2. The number of anilines is 1. The second-order valence-electron chi connectivity index (χ2n) is 8.47. The van der Waals surface area contributed by atoms with Crippen molar-refractivity contribution in [3.8, 4) is 0 Å². The molecule has 11 heteroatoms. The second kappa shape index (κ2) is 12.0. The summed E-state index contributed by atoms with van der Waals surface area (Å²) in [7, 11) is -3.44. The van der Waals surface area contributed by atoms with Crippen molar-refractivity contribution in [1.29, 1.82) is 0 Å². The number of ether oxygens (including phenoxy) is 1. The van der Waals surface area contributed by atoms with E-state index in [1.165, 1.54) is 17.6 Å². The van der Waals surface area contributed by atoms with Gasteiger partial charge in [0.15, 0.2) is 15.0 Å². The number of thiazole rings is 1. The van der Waals surface area contributed by atoms with Crippen LogP contribution in [0, 0.1) is 0 Å². The fraction of sp³-hybridized carbons (Fsp3) is 0.417. The second-order valence-corrected chi connectivity index (χ2v) is 13.1. The van der Waals surface area contributed by atoms with E-state index in [1.54, 1.807) is 28.8 Å². The Balaban J connectivity index is 0.00000342. The molecule has 2 aromatic carbocycles. The molecule has 1 aliphatic heterocycles. The third-order valence-corrected chi connectivity index (χ3v) is 8.65. The zero-order valence-electron chi connectivity index (χ0n) is 20.0. The van der Waals surface area contributed by atoms with Crippen LogP contribution in [0.2, 0.25) is 0 Å². The third-order valence-electron chi connectivity index (χ3n) is 5.46. The molecule has 1 amide bonds. The molecule has 0 spiro atoms. The van der Waals surface area contributed by atoms with Gasteiger partial charge < -0.3 is 4.74 Å². The number of thioether (sulfide) groups is 1. The van der Waals surface area contributed by atoms with E-state index in [1.807, 2.05) is 30.3 Å². The smallest absolute Gasteiger partial charge is 0.260 e. The average molecular weight is 556 g/mol. The number of hydrogen-bond acceptors (Lipinski definition) is 8. The quantitative estimate of drug-likeness (QED) is 0.376. The molecule has 1 fully saturated rings. The number of aromatic nitrogens is 1. The molecule has 3 aromatic rings. The van der Waals surface area contributed by atoms with Crippen molar-refractivity contribution < 1.29 is 17.9 Å². The van der Waals surface area contributed by atoms with Crippen LogP contribution in [0.15, 0.2) is 52.3 Å². The lowest BCUT2D eigenvalue weighted by atomic mass is 10.2. The van der Waals surface area contributed by atoms with E-state index in [-0.39, 0.29) is 23.2 Å². The summed E-state index contributed by atoms with van der Waals surface area (Å²) < 4.78 is 30.8. The molecule has 0 atom stereocenters. The van der Waals surface area contributed by atoms with Gasteiger partial charge in [-0.05, 0) is 36.4 Å². The summed E-state index contributed by atoms with van der Waals surface area (Å²) in [5.41, 5.74) is 0.996. The number of hydrogen-bond donors (Lipinski definition) is 0. The molecule has 0 aliphatic carbocycles. The van der Waals surface area contributed by atoms with Crippen molar-refractivity contribution in [1.82, 2.24) is 9.88 Å². The van der Waals surface area contributed by atoms with Crippen LogP contribution in [0.25, 0.3) is 10.2 Å². The number of para-hydroxylation sites is 1. The standard InChI is InChI=1S/C24H29N3O4S3.ClH/c1-17(2)32-19-9-7-18(8-10-19)23(28)27(12-11-26-13-15-31-16-14-26)24-25-22-20(33-24)5-4-6-21(22)34(3,29)30;/h4-10,17H,11-16H2,1-3H3;1H. The largest absolute Gasteiger partial charge is 0.379 e. The Kier molecular flexibility index (Phi) is 9.59. The molecule has 0 radical (unpaired) electrons. The van der Waals surface area contributed by atoms with Crippen molar-refractivity contribution in [3.63, 3.8) is 0 Å². The molecule has 4 rings (SSSR count). The summed E-state index contributed by atoms with van der Waals surface area (Å²) in [6.45, 7) is 8.41. The summed E-state index contributed by atoms with van der Waals surface area (Å²) in [5.74, 6) is -0.144. The Hall–Kier alpha value is -1.69. The SMILES string of the molecule is CC(C)Sc1ccc(C(=O)N(CCN2CCOCC2)c2nc3c(S(C)(=O)=O)cccc3s2)cc1.Cl. The average Bonchev–Trinajstić information content (AvgIpc) is 3.23. The highest BCUT2D eigenvalue weighted by atomic mass is 35.5. The van der Waals surface area contributed by atoms with Gasteiger partial charge in [-0.25, -0.2) is 13.4 Å². The lowest BCUT2D eigenvalue weighted by Gasteiger charge is -2.29. The van der Waals surface area contributed by atoms with E-state index in [0.29, 0.717) is 47.8 Å². The van der Waals surface area contributed by atoms with Crippen molar-refractivity contribution in [2.45, 2.75) is 28.9 Å². The number of morpholine rings is 1. The minimum absolute atomic E-state index is 0. The summed E-state index contributed by atoms with van der Waals surface area (Å²) in [4.78, 5) is 23.5. The van der Waals surface area contributed by atoms with Gasteiger partial charge in [-0.2, -0.15) is 0 Å². The van der Waals surface area contributed by atoms with Crippen molar-refractivity contribution in [2.24, 2.45) is 0 Å². The third kappa shape index (κ3) is 6.96. The number of carbonyl (C=O) groups excluding carboxylic acids is 1. The van der Waals surface area contributed by atoms with Crippen molar-refractivity contribution >= 4 is 66.6 Å². The zero-order valence-corrected chi connectivity index (χ0v) is 23.2. The van der Waals surface area contributed by atoms with E-state index < -0.39 is 9.84 Å². The fourth-order valence-corrected chi connectivity index (χ4v) is 6.53. The number of benzene rings is 2. The summed E-state index contributed by atoms with van der Waals surface area (Å²) in [6, 6.07) is 12.8. The molecule has 0 unspecified atom stereocenters. The number of carbonyl (C=O) groups is 1. The Morgan fingerprint density at radius 2 is 1.86 bits per heavy atom. The van der Waals surface area contributed by atoms with E-state index in [0.717, 1.165) is 22.7 Å². The Morgan fingerprint density at radius 1 is 1.17 bits per heavy atom. The van der Waals surface area contributed by atoms with Gasteiger partial charge in [0, 0.05) is 48.1 Å². The monoisotopic (exact) mass is 555 g/mol. The Labute approximate surface area is 221 Å².